The maximum atomic E-state index is 10.5. The fourth-order valence-electron chi connectivity index (χ4n) is 0.933. The highest BCUT2D eigenvalue weighted by atomic mass is 31.2. The van der Waals surface area contributed by atoms with Gasteiger partial charge in [-0.2, -0.15) is 0 Å². The molecule has 0 unspecified atom stereocenters. The average molecular weight is 276 g/mol. The molecule has 0 amide bonds. The van der Waals surface area contributed by atoms with E-state index in [0.29, 0.717) is 0 Å². The second-order valence-electron chi connectivity index (χ2n) is 3.08. The van der Waals surface area contributed by atoms with Crippen LogP contribution in [0.25, 0.3) is 0 Å². The molecule has 7 N–H and O–H groups in total. The van der Waals surface area contributed by atoms with Crippen molar-refractivity contribution < 1.29 is 49.2 Å². The van der Waals surface area contributed by atoms with Crippen LogP contribution < -0.4 is 0 Å². The van der Waals surface area contributed by atoms with Gasteiger partial charge in [-0.05, 0) is 0 Å². The molecule has 0 heterocycles. The maximum absolute atomic E-state index is 10.5. The zero-order valence-electron chi connectivity index (χ0n) is 8.32. The molecule has 0 aliphatic heterocycles. The van der Waals surface area contributed by atoms with E-state index < -0.39 is 44.8 Å². The lowest BCUT2D eigenvalue weighted by Gasteiger charge is -2.27. The van der Waals surface area contributed by atoms with Crippen LogP contribution in [0.4, 0.5) is 0 Å². The first-order chi connectivity index (χ1) is 7.60. The highest BCUT2D eigenvalue weighted by molar-refractivity contribution is 7.46. The van der Waals surface area contributed by atoms with E-state index in [1.807, 2.05) is 0 Å². The molecule has 0 rings (SSSR count). The van der Waals surface area contributed by atoms with Crippen molar-refractivity contribution in [3.8, 4) is 0 Å². The van der Waals surface area contributed by atoms with Gasteiger partial charge in [0.1, 0.15) is 18.3 Å². The number of rotatable bonds is 7. The molecule has 102 valence electrons. The molecular formula is C6H13O10P. The molecule has 0 fully saturated rings. The normalized spacial score (nSPS) is 19.4. The Kier molecular flexibility index (Phi) is 6.16. The number of aliphatic carboxylic acids is 1. The average Bonchev–Trinajstić information content (AvgIpc) is 2.21. The lowest BCUT2D eigenvalue weighted by atomic mass is 10.0. The van der Waals surface area contributed by atoms with Gasteiger partial charge in [-0.25, -0.2) is 9.36 Å². The van der Waals surface area contributed by atoms with Crippen molar-refractivity contribution in [2.45, 2.75) is 24.4 Å². The molecule has 0 aliphatic rings. The summed E-state index contributed by atoms with van der Waals surface area (Å²) in [5.41, 5.74) is 0. The van der Waals surface area contributed by atoms with Crippen molar-refractivity contribution in [3.63, 3.8) is 0 Å². The van der Waals surface area contributed by atoms with Gasteiger partial charge in [0.2, 0.25) is 0 Å². The SMILES string of the molecule is O=C(O)[C@H](O)[C@@H](OP(=O)(O)O)[C@H](O)[C@H](O)CO. The summed E-state index contributed by atoms with van der Waals surface area (Å²) < 4.78 is 14.4. The van der Waals surface area contributed by atoms with Gasteiger partial charge in [0.25, 0.3) is 0 Å². The Morgan fingerprint density at radius 1 is 1.24 bits per heavy atom. The Bertz CT molecular complexity index is 299. The summed E-state index contributed by atoms with van der Waals surface area (Å²) in [5.74, 6) is -1.92. The maximum Gasteiger partial charge on any atom is 0.470 e. The van der Waals surface area contributed by atoms with E-state index in [1.165, 1.54) is 0 Å². The van der Waals surface area contributed by atoms with E-state index in [9.17, 15) is 14.5 Å². The highest BCUT2D eigenvalue weighted by Crippen LogP contribution is 2.39. The van der Waals surface area contributed by atoms with E-state index in [1.54, 1.807) is 0 Å². The standard InChI is InChI=1S/C6H13O10P/c7-1-2(8)3(9)5(4(10)6(11)12)16-17(13,14)15/h2-5,7-10H,1H2,(H,11,12)(H2,13,14,15)/t2-,3-,4-,5+/m1/s1. The van der Waals surface area contributed by atoms with E-state index >= 15 is 0 Å². The van der Waals surface area contributed by atoms with E-state index in [-0.39, 0.29) is 0 Å². The third-order valence-corrected chi connectivity index (χ3v) is 2.26. The van der Waals surface area contributed by atoms with Gasteiger partial charge in [-0.3, -0.25) is 4.52 Å². The van der Waals surface area contributed by atoms with Gasteiger partial charge in [0, 0.05) is 0 Å². The first kappa shape index (κ1) is 16.4. The molecule has 4 atom stereocenters. The van der Waals surface area contributed by atoms with Crippen LogP contribution in [0.3, 0.4) is 0 Å². The summed E-state index contributed by atoms with van der Waals surface area (Å²) in [6.45, 7) is -1.02. The molecule has 0 aromatic rings. The van der Waals surface area contributed by atoms with Gasteiger partial charge < -0.3 is 35.3 Å². The fourth-order valence-corrected chi connectivity index (χ4v) is 1.49. The van der Waals surface area contributed by atoms with E-state index in [2.05, 4.69) is 4.52 Å². The van der Waals surface area contributed by atoms with Crippen molar-refractivity contribution >= 4 is 13.8 Å². The second kappa shape index (κ2) is 6.38. The quantitative estimate of drug-likeness (QED) is 0.231. The zero-order valence-corrected chi connectivity index (χ0v) is 9.21. The molecule has 0 bridgehead atoms. The van der Waals surface area contributed by atoms with Crippen molar-refractivity contribution in [1.82, 2.24) is 0 Å². The molecule has 0 saturated heterocycles. The molecule has 10 nitrogen and oxygen atoms in total. The Labute approximate surface area is 94.9 Å². The predicted molar refractivity (Wildman–Crippen MR) is 49.7 cm³/mol. The summed E-state index contributed by atoms with van der Waals surface area (Å²) >= 11 is 0. The Morgan fingerprint density at radius 3 is 2.00 bits per heavy atom. The van der Waals surface area contributed by atoms with Crippen LogP contribution in [0.1, 0.15) is 0 Å². The van der Waals surface area contributed by atoms with Crippen molar-refractivity contribution in [2.75, 3.05) is 6.61 Å². The molecule has 17 heavy (non-hydrogen) atoms. The Hall–Kier alpha value is -0.580. The number of carbonyl (C=O) groups is 1. The fraction of sp³-hybridized carbons (Fsp3) is 0.833. The number of aliphatic hydroxyl groups is 4. The minimum absolute atomic E-state index is 1.02. The molecular weight excluding hydrogens is 263 g/mol. The van der Waals surface area contributed by atoms with Crippen molar-refractivity contribution in [2.24, 2.45) is 0 Å². The smallest absolute Gasteiger partial charge is 0.470 e. The molecule has 0 saturated carbocycles. The first-order valence-electron chi connectivity index (χ1n) is 4.22. The van der Waals surface area contributed by atoms with Gasteiger partial charge in [-0.1, -0.05) is 0 Å². The summed E-state index contributed by atoms with van der Waals surface area (Å²) in [5, 5.41) is 44.2. The third-order valence-electron chi connectivity index (χ3n) is 1.74. The monoisotopic (exact) mass is 276 g/mol. The van der Waals surface area contributed by atoms with E-state index in [4.69, 9.17) is 30.2 Å². The highest BCUT2D eigenvalue weighted by Gasteiger charge is 2.40. The third kappa shape index (κ3) is 5.52. The minimum atomic E-state index is -5.20. The van der Waals surface area contributed by atoms with Crippen LogP contribution in [-0.4, -0.2) is 72.3 Å². The molecule has 11 heteroatoms. The lowest BCUT2D eigenvalue weighted by Crippen LogP contribution is -2.49. The number of carboxylic acid groups (broad SMARTS) is 1. The van der Waals surface area contributed by atoms with Crippen LogP contribution in [0, 0.1) is 0 Å². The van der Waals surface area contributed by atoms with Gasteiger partial charge >= 0.3 is 13.8 Å². The number of phosphoric acid groups is 1. The topological polar surface area (TPSA) is 185 Å². The number of phosphoric ester groups is 1. The lowest BCUT2D eigenvalue weighted by molar-refractivity contribution is -0.162. The van der Waals surface area contributed by atoms with Crippen LogP contribution in [0.15, 0.2) is 0 Å². The summed E-state index contributed by atoms with van der Waals surface area (Å²) in [6.07, 6.45) is -8.91. The second-order valence-corrected chi connectivity index (χ2v) is 4.28. The zero-order chi connectivity index (χ0) is 13.8. The van der Waals surface area contributed by atoms with Gasteiger partial charge in [0.15, 0.2) is 6.10 Å². The first-order valence-corrected chi connectivity index (χ1v) is 5.75. The minimum Gasteiger partial charge on any atom is -0.479 e. The molecule has 0 aliphatic carbocycles. The van der Waals surface area contributed by atoms with Gasteiger partial charge in [0.05, 0.1) is 6.61 Å². The number of carboxylic acids is 1. The summed E-state index contributed by atoms with van der Waals surface area (Å²) in [7, 11) is -5.20. The number of hydrogen-bond acceptors (Lipinski definition) is 7. The van der Waals surface area contributed by atoms with Crippen molar-refractivity contribution in [1.29, 1.82) is 0 Å². The Balaban J connectivity index is 4.97. The van der Waals surface area contributed by atoms with E-state index in [0.717, 1.165) is 0 Å². The van der Waals surface area contributed by atoms with Crippen LogP contribution >= 0.6 is 7.82 Å². The van der Waals surface area contributed by atoms with Crippen LogP contribution in [0.5, 0.6) is 0 Å². The van der Waals surface area contributed by atoms with Crippen LogP contribution in [0.2, 0.25) is 0 Å². The molecule has 0 aromatic heterocycles. The number of aliphatic hydroxyl groups excluding tert-OH is 4. The van der Waals surface area contributed by atoms with Gasteiger partial charge in [-0.15, -0.1) is 0 Å². The van der Waals surface area contributed by atoms with Crippen LogP contribution in [-0.2, 0) is 13.9 Å². The van der Waals surface area contributed by atoms with Crippen molar-refractivity contribution in [3.05, 3.63) is 0 Å². The molecule has 0 spiro atoms. The molecule has 0 aromatic carbocycles. The summed E-state index contributed by atoms with van der Waals surface area (Å²) in [4.78, 5) is 27.3. The Morgan fingerprint density at radius 2 is 1.71 bits per heavy atom. The summed E-state index contributed by atoms with van der Waals surface area (Å²) in [6, 6.07) is 0. The molecule has 0 radical (unpaired) electrons. The predicted octanol–water partition coefficient (Wildman–Crippen LogP) is -3.38. The largest absolute Gasteiger partial charge is 0.479 e. The number of hydrogen-bond donors (Lipinski definition) is 7.